The van der Waals surface area contributed by atoms with E-state index >= 15 is 0 Å². The minimum absolute atomic E-state index is 0.455. The Morgan fingerprint density at radius 3 is 2.60 bits per heavy atom. The van der Waals surface area contributed by atoms with Crippen LogP contribution in [0.2, 0.25) is 0 Å². The molecule has 0 aliphatic heterocycles. The van der Waals surface area contributed by atoms with Gasteiger partial charge in [-0.15, -0.1) is 0 Å². The van der Waals surface area contributed by atoms with E-state index in [4.69, 9.17) is 10.7 Å². The highest BCUT2D eigenvalue weighted by atomic mass is 35.7. The Hall–Kier alpha value is -1.41. The van der Waals surface area contributed by atoms with Gasteiger partial charge in [0, 0.05) is 16.7 Å². The molecule has 1 amide bonds. The van der Waals surface area contributed by atoms with Crippen LogP contribution in [-0.4, -0.2) is 19.5 Å². The van der Waals surface area contributed by atoms with E-state index in [1.165, 1.54) is 0 Å². The van der Waals surface area contributed by atoms with Crippen LogP contribution < -0.4 is 10.5 Å². The first-order valence-electron chi connectivity index (χ1n) is 3.39. The number of aromatic nitrogens is 1. The lowest BCUT2D eigenvalue weighted by atomic mass is 10.5. The molecule has 0 saturated heterocycles. The normalized spacial score (nSPS) is 11.1. The summed E-state index contributed by atoms with van der Waals surface area (Å²) in [6, 6.07) is 1.67. The third-order valence-electron chi connectivity index (χ3n) is 1.22. The molecule has 9 heteroatoms. The van der Waals surface area contributed by atoms with Crippen LogP contribution >= 0.6 is 10.7 Å². The second kappa shape index (κ2) is 3.99. The molecule has 0 radical (unpaired) electrons. The number of carbonyl (C=O) groups is 1. The van der Waals surface area contributed by atoms with Crippen molar-refractivity contribution < 1.29 is 22.3 Å². The van der Waals surface area contributed by atoms with Crippen LogP contribution in [0, 0.1) is 5.82 Å². The molecular formula is C6H4ClFN2O4S. The van der Waals surface area contributed by atoms with Crippen LogP contribution in [0.3, 0.4) is 0 Å². The second-order valence-corrected chi connectivity index (χ2v) is 4.78. The number of carbonyl (C=O) groups excluding carboxylic acids is 1. The Kier molecular flexibility index (Phi) is 3.10. The zero-order valence-corrected chi connectivity index (χ0v) is 8.55. The van der Waals surface area contributed by atoms with Crippen LogP contribution in [0.4, 0.5) is 9.18 Å². The lowest BCUT2D eigenvalue weighted by molar-refractivity contribution is 0.208. The minimum Gasteiger partial charge on any atom is -0.391 e. The van der Waals surface area contributed by atoms with Gasteiger partial charge in [-0.05, 0) is 6.07 Å². The first-order chi connectivity index (χ1) is 6.80. The van der Waals surface area contributed by atoms with Crippen molar-refractivity contribution in [3.63, 3.8) is 0 Å². The van der Waals surface area contributed by atoms with Gasteiger partial charge in [0.25, 0.3) is 9.05 Å². The van der Waals surface area contributed by atoms with Gasteiger partial charge in [-0.1, -0.05) is 0 Å². The zero-order valence-electron chi connectivity index (χ0n) is 6.98. The van der Waals surface area contributed by atoms with Crippen molar-refractivity contribution in [3.8, 4) is 5.88 Å². The van der Waals surface area contributed by atoms with Gasteiger partial charge in [0.2, 0.25) is 10.9 Å². The van der Waals surface area contributed by atoms with Gasteiger partial charge in [-0.2, -0.15) is 4.98 Å². The van der Waals surface area contributed by atoms with Crippen molar-refractivity contribution in [2.24, 2.45) is 5.73 Å². The SMILES string of the molecule is NC(=O)Oc1ccc(F)c(S(=O)(=O)Cl)n1. The molecule has 1 heterocycles. The van der Waals surface area contributed by atoms with Gasteiger partial charge >= 0.3 is 6.09 Å². The van der Waals surface area contributed by atoms with E-state index in [2.05, 4.69) is 15.5 Å². The number of ether oxygens (including phenoxy) is 1. The molecular weight excluding hydrogens is 251 g/mol. The Bertz CT molecular complexity index is 504. The summed E-state index contributed by atoms with van der Waals surface area (Å²) in [7, 11) is 0.533. The summed E-state index contributed by atoms with van der Waals surface area (Å²) in [6.07, 6.45) is -1.20. The minimum atomic E-state index is -4.34. The molecule has 0 fully saturated rings. The van der Waals surface area contributed by atoms with Crippen molar-refractivity contribution in [1.29, 1.82) is 0 Å². The molecule has 0 aromatic carbocycles. The number of hydrogen-bond donors (Lipinski definition) is 1. The predicted molar refractivity (Wildman–Crippen MR) is 47.4 cm³/mol. The number of nitrogens with two attached hydrogens (primary N) is 1. The molecule has 0 bridgehead atoms. The molecule has 1 aromatic rings. The quantitative estimate of drug-likeness (QED) is 0.779. The Morgan fingerprint density at radius 2 is 2.13 bits per heavy atom. The first-order valence-corrected chi connectivity index (χ1v) is 5.70. The average molecular weight is 255 g/mol. The van der Waals surface area contributed by atoms with Gasteiger partial charge in [0.15, 0.2) is 5.82 Å². The number of hydrogen-bond acceptors (Lipinski definition) is 5. The molecule has 0 aliphatic carbocycles. The van der Waals surface area contributed by atoms with Gasteiger partial charge in [0.1, 0.15) is 0 Å². The Morgan fingerprint density at radius 1 is 1.53 bits per heavy atom. The number of nitrogens with zero attached hydrogens (tertiary/aromatic N) is 1. The fraction of sp³-hybridized carbons (Fsp3) is 0. The lowest BCUT2D eigenvalue weighted by Gasteiger charge is -2.01. The summed E-state index contributed by atoms with van der Waals surface area (Å²) in [5, 5.41) is -1.03. The molecule has 2 N–H and O–H groups in total. The van der Waals surface area contributed by atoms with E-state index in [0.29, 0.717) is 0 Å². The summed E-state index contributed by atoms with van der Waals surface area (Å²) in [6.45, 7) is 0. The highest BCUT2D eigenvalue weighted by molar-refractivity contribution is 8.13. The molecule has 82 valence electrons. The lowest BCUT2D eigenvalue weighted by Crippen LogP contribution is -2.17. The monoisotopic (exact) mass is 254 g/mol. The maximum Gasteiger partial charge on any atom is 0.411 e. The van der Waals surface area contributed by atoms with Crippen LogP contribution in [0.15, 0.2) is 17.2 Å². The van der Waals surface area contributed by atoms with Gasteiger partial charge in [-0.3, -0.25) is 0 Å². The van der Waals surface area contributed by atoms with Gasteiger partial charge < -0.3 is 10.5 Å². The molecule has 1 aromatic heterocycles. The number of rotatable bonds is 2. The van der Waals surface area contributed by atoms with E-state index in [9.17, 15) is 17.6 Å². The van der Waals surface area contributed by atoms with Crippen molar-refractivity contribution in [2.45, 2.75) is 5.03 Å². The van der Waals surface area contributed by atoms with Crippen LogP contribution in [-0.2, 0) is 9.05 Å². The van der Waals surface area contributed by atoms with Crippen molar-refractivity contribution in [3.05, 3.63) is 17.9 Å². The standard InChI is InChI=1S/C6H4ClFN2O4S/c7-15(12,13)5-3(8)1-2-4(10-5)14-6(9)11/h1-2H,(H2,9,11). The van der Waals surface area contributed by atoms with E-state index in [1.54, 1.807) is 0 Å². The fourth-order valence-corrected chi connectivity index (χ4v) is 1.56. The summed E-state index contributed by atoms with van der Waals surface area (Å²) in [5.41, 5.74) is 4.64. The molecule has 15 heavy (non-hydrogen) atoms. The highest BCUT2D eigenvalue weighted by Crippen LogP contribution is 2.19. The topological polar surface area (TPSA) is 99.4 Å². The maximum atomic E-state index is 12.9. The fourth-order valence-electron chi connectivity index (χ4n) is 0.737. The van der Waals surface area contributed by atoms with Crippen molar-refractivity contribution >= 4 is 25.8 Å². The average Bonchev–Trinajstić information content (AvgIpc) is 2.05. The van der Waals surface area contributed by atoms with Crippen molar-refractivity contribution in [2.75, 3.05) is 0 Å². The first kappa shape index (κ1) is 11.7. The number of amides is 1. The Labute approximate surface area is 88.2 Å². The molecule has 0 spiro atoms. The zero-order chi connectivity index (χ0) is 11.6. The van der Waals surface area contributed by atoms with Crippen molar-refractivity contribution in [1.82, 2.24) is 4.98 Å². The van der Waals surface area contributed by atoms with Crippen LogP contribution in [0.25, 0.3) is 0 Å². The molecule has 0 unspecified atom stereocenters. The van der Waals surface area contributed by atoms with E-state index in [0.717, 1.165) is 12.1 Å². The highest BCUT2D eigenvalue weighted by Gasteiger charge is 2.19. The molecule has 0 aliphatic rings. The largest absolute Gasteiger partial charge is 0.411 e. The molecule has 1 rings (SSSR count). The summed E-state index contributed by atoms with van der Waals surface area (Å²) >= 11 is 0. The second-order valence-electron chi connectivity index (χ2n) is 2.30. The third kappa shape index (κ3) is 3.03. The summed E-state index contributed by atoms with van der Waals surface area (Å²) in [4.78, 5) is 13.5. The van der Waals surface area contributed by atoms with Gasteiger partial charge in [0.05, 0.1) is 0 Å². The number of pyridine rings is 1. The predicted octanol–water partition coefficient (Wildman–Crippen LogP) is 0.606. The smallest absolute Gasteiger partial charge is 0.391 e. The Balaban J connectivity index is 3.23. The molecule has 0 atom stereocenters. The van der Waals surface area contributed by atoms with Gasteiger partial charge in [-0.25, -0.2) is 17.6 Å². The number of primary amides is 1. The van der Waals surface area contributed by atoms with Crippen LogP contribution in [0.5, 0.6) is 5.88 Å². The van der Waals surface area contributed by atoms with Crippen LogP contribution in [0.1, 0.15) is 0 Å². The molecule has 0 saturated carbocycles. The summed E-state index contributed by atoms with van der Waals surface area (Å²) in [5.74, 6) is -1.61. The van der Waals surface area contributed by atoms with E-state index < -0.39 is 31.9 Å². The molecule has 6 nitrogen and oxygen atoms in total. The third-order valence-corrected chi connectivity index (χ3v) is 2.41. The van der Waals surface area contributed by atoms with E-state index in [-0.39, 0.29) is 0 Å². The van der Waals surface area contributed by atoms with E-state index in [1.807, 2.05) is 0 Å². The summed E-state index contributed by atoms with van der Waals surface area (Å²) < 4.78 is 38.7. The number of halogens is 2. The maximum absolute atomic E-state index is 12.9.